The molecular weight excluding hydrogens is 406 g/mol. The van der Waals surface area contributed by atoms with Gasteiger partial charge in [-0.15, -0.1) is 0 Å². The number of likely N-dealkylation sites (tertiary alicyclic amines) is 1. The van der Waals surface area contributed by atoms with E-state index in [0.717, 1.165) is 57.5 Å². The highest BCUT2D eigenvalue weighted by atomic mass is 16.5. The first-order chi connectivity index (χ1) is 15.6. The molecule has 1 saturated heterocycles. The quantitative estimate of drug-likeness (QED) is 0.741. The fourth-order valence-corrected chi connectivity index (χ4v) is 6.20. The number of aromatic nitrogens is 2. The molecule has 1 aliphatic heterocycles. The van der Waals surface area contributed by atoms with Crippen LogP contribution in [-0.2, 0) is 25.0 Å². The van der Waals surface area contributed by atoms with Gasteiger partial charge in [-0.1, -0.05) is 12.5 Å². The summed E-state index contributed by atoms with van der Waals surface area (Å²) in [7, 11) is 4.88. The van der Waals surface area contributed by atoms with Gasteiger partial charge in [-0.25, -0.2) is 4.98 Å². The van der Waals surface area contributed by atoms with Gasteiger partial charge in [0, 0.05) is 43.2 Å². The van der Waals surface area contributed by atoms with Crippen LogP contribution in [0.15, 0.2) is 18.3 Å². The van der Waals surface area contributed by atoms with Gasteiger partial charge in [0.1, 0.15) is 11.4 Å². The van der Waals surface area contributed by atoms with Crippen LogP contribution in [0.3, 0.4) is 0 Å². The van der Waals surface area contributed by atoms with E-state index in [0.29, 0.717) is 11.4 Å². The molecule has 0 spiro atoms. The molecule has 2 atom stereocenters. The maximum absolute atomic E-state index is 12.1. The van der Waals surface area contributed by atoms with E-state index in [2.05, 4.69) is 27.0 Å². The number of hydrogen-bond acceptors (Lipinski definition) is 7. The zero-order chi connectivity index (χ0) is 22.3. The lowest BCUT2D eigenvalue weighted by molar-refractivity contribution is -0.149. The van der Waals surface area contributed by atoms with Gasteiger partial charge < -0.3 is 19.3 Å². The molecule has 7 nitrogen and oxygen atoms in total. The Morgan fingerprint density at radius 3 is 2.38 bits per heavy atom. The molecule has 0 radical (unpaired) electrons. The largest absolute Gasteiger partial charge is 0.496 e. The number of benzene rings is 1. The second-order valence-corrected chi connectivity index (χ2v) is 9.41. The smallest absolute Gasteiger partial charge is 0.319 e. The fourth-order valence-electron chi connectivity index (χ4n) is 6.20. The van der Waals surface area contributed by atoms with Crippen LogP contribution in [0.25, 0.3) is 0 Å². The molecule has 0 amide bonds. The first kappa shape index (κ1) is 21.5. The van der Waals surface area contributed by atoms with Crippen LogP contribution < -0.4 is 14.2 Å². The molecule has 2 fully saturated rings. The van der Waals surface area contributed by atoms with Crippen molar-refractivity contribution in [2.45, 2.75) is 50.7 Å². The van der Waals surface area contributed by atoms with Gasteiger partial charge in [-0.05, 0) is 49.3 Å². The summed E-state index contributed by atoms with van der Waals surface area (Å²) in [4.78, 5) is 11.1. The van der Waals surface area contributed by atoms with Gasteiger partial charge in [0.2, 0.25) is 5.88 Å². The Labute approximate surface area is 189 Å². The average molecular weight is 440 g/mol. The Morgan fingerprint density at radius 2 is 1.72 bits per heavy atom. The zero-order valence-corrected chi connectivity index (χ0v) is 19.3. The molecule has 2 aromatic rings. The van der Waals surface area contributed by atoms with Crippen molar-refractivity contribution in [2.24, 2.45) is 11.8 Å². The second-order valence-electron chi connectivity index (χ2n) is 9.41. The Balaban J connectivity index is 1.42. The molecule has 32 heavy (non-hydrogen) atoms. The molecule has 5 rings (SSSR count). The molecule has 1 aromatic heterocycles. The lowest BCUT2D eigenvalue weighted by Gasteiger charge is -2.53. The fraction of sp³-hybridized carbons (Fsp3) is 0.600. The average Bonchev–Trinajstić information content (AvgIpc) is 3.26. The van der Waals surface area contributed by atoms with Crippen molar-refractivity contribution in [3.8, 4) is 17.6 Å². The summed E-state index contributed by atoms with van der Waals surface area (Å²) >= 11 is 0. The van der Waals surface area contributed by atoms with Gasteiger partial charge in [0.15, 0.2) is 0 Å². The molecule has 1 N–H and O–H groups in total. The summed E-state index contributed by atoms with van der Waals surface area (Å²) in [6, 6.07) is 4.83. The summed E-state index contributed by atoms with van der Waals surface area (Å²) < 4.78 is 16.5. The summed E-state index contributed by atoms with van der Waals surface area (Å²) in [6.07, 6.45) is 8.31. The maximum atomic E-state index is 12.1. The minimum absolute atomic E-state index is 0.0984. The molecule has 2 bridgehead atoms. The number of rotatable bonds is 6. The highest BCUT2D eigenvalue weighted by molar-refractivity contribution is 5.45. The Hall–Kier alpha value is -2.38. The lowest BCUT2D eigenvalue weighted by Crippen LogP contribution is -2.58. The number of methoxy groups -OCH3 is 3. The predicted molar refractivity (Wildman–Crippen MR) is 120 cm³/mol. The van der Waals surface area contributed by atoms with Crippen LogP contribution in [0, 0.1) is 11.8 Å². The van der Waals surface area contributed by atoms with E-state index in [1.807, 2.05) is 0 Å². The highest BCUT2D eigenvalue weighted by Crippen LogP contribution is 2.51. The molecule has 2 aliphatic carbocycles. The van der Waals surface area contributed by atoms with Crippen molar-refractivity contribution in [3.05, 3.63) is 40.6 Å². The Morgan fingerprint density at radius 1 is 1.00 bits per heavy atom. The van der Waals surface area contributed by atoms with E-state index in [-0.39, 0.29) is 17.8 Å². The molecule has 3 aliphatic rings. The van der Waals surface area contributed by atoms with Crippen LogP contribution in [-0.4, -0.2) is 54.4 Å². The molecule has 1 aromatic carbocycles. The van der Waals surface area contributed by atoms with Gasteiger partial charge in [0.05, 0.1) is 26.9 Å². The topological polar surface area (TPSA) is 76.9 Å². The van der Waals surface area contributed by atoms with Crippen LogP contribution in [0.4, 0.5) is 0 Å². The number of piperidine rings is 1. The van der Waals surface area contributed by atoms with Crippen molar-refractivity contribution in [1.29, 1.82) is 0 Å². The van der Waals surface area contributed by atoms with Gasteiger partial charge in [-0.2, -0.15) is 4.98 Å². The van der Waals surface area contributed by atoms with Gasteiger partial charge >= 0.3 is 6.01 Å². The summed E-state index contributed by atoms with van der Waals surface area (Å²) in [5, 5.41) is 12.1. The normalized spacial score (nSPS) is 27.1. The zero-order valence-electron chi connectivity index (χ0n) is 19.3. The third kappa shape index (κ3) is 3.52. The van der Waals surface area contributed by atoms with Crippen LogP contribution >= 0.6 is 0 Å². The first-order valence-corrected chi connectivity index (χ1v) is 11.7. The maximum Gasteiger partial charge on any atom is 0.319 e. The van der Waals surface area contributed by atoms with Gasteiger partial charge in [-0.3, -0.25) is 4.90 Å². The number of aryl methyl sites for hydroxylation is 2. The van der Waals surface area contributed by atoms with Crippen LogP contribution in [0.1, 0.15) is 47.9 Å². The number of fused-ring (bicyclic) bond motifs is 3. The van der Waals surface area contributed by atoms with E-state index >= 15 is 0 Å². The highest BCUT2D eigenvalue weighted by Gasteiger charge is 2.53. The standard InChI is InChI=1S/C25H33N3O4/c1-30-22-11-17-7-4-6-16(17)10-18(22)13-28-14-19-8-5-9-20(15-28)25(19,29)21-12-26-24(32-3)27-23(21)31-2/h10-12,19-20,29H,4-9,13-15H2,1-3H3/t19-,20-/m1/s1. The van der Waals surface area contributed by atoms with E-state index in [4.69, 9.17) is 14.2 Å². The van der Waals surface area contributed by atoms with Crippen molar-refractivity contribution in [1.82, 2.24) is 14.9 Å². The molecule has 1 saturated carbocycles. The Bertz CT molecular complexity index is 981. The van der Waals surface area contributed by atoms with Crippen LogP contribution in [0.2, 0.25) is 0 Å². The minimum atomic E-state index is -0.992. The van der Waals surface area contributed by atoms with E-state index < -0.39 is 5.60 Å². The number of hydrogen-bond donors (Lipinski definition) is 1. The molecule has 2 heterocycles. The summed E-state index contributed by atoms with van der Waals surface area (Å²) in [5.41, 5.74) is 3.85. The first-order valence-electron chi connectivity index (χ1n) is 11.7. The predicted octanol–water partition coefficient (Wildman–Crippen LogP) is 3.11. The third-order valence-electron chi connectivity index (χ3n) is 7.74. The van der Waals surface area contributed by atoms with Crippen LogP contribution in [0.5, 0.6) is 17.6 Å². The second kappa shape index (κ2) is 8.52. The molecule has 7 heteroatoms. The van der Waals surface area contributed by atoms with Crippen molar-refractivity contribution in [3.63, 3.8) is 0 Å². The lowest BCUT2D eigenvalue weighted by atomic mass is 9.63. The summed E-state index contributed by atoms with van der Waals surface area (Å²) in [6.45, 7) is 2.49. The van der Waals surface area contributed by atoms with E-state index in [1.165, 1.54) is 30.2 Å². The number of aliphatic hydroxyl groups is 1. The van der Waals surface area contributed by atoms with Gasteiger partial charge in [0.25, 0.3) is 0 Å². The van der Waals surface area contributed by atoms with E-state index in [1.54, 1.807) is 20.4 Å². The number of nitrogens with zero attached hydrogens (tertiary/aromatic N) is 3. The summed E-state index contributed by atoms with van der Waals surface area (Å²) in [5.74, 6) is 1.59. The Kier molecular flexibility index (Phi) is 5.72. The SMILES string of the molecule is COc1ncc(C2(O)[C@@H]3CCC[C@@H]2CN(Cc2cc4c(cc2OC)CCC4)C3)c(OC)n1. The minimum Gasteiger partial charge on any atom is -0.496 e. The third-order valence-corrected chi connectivity index (χ3v) is 7.74. The van der Waals surface area contributed by atoms with Crippen molar-refractivity contribution >= 4 is 0 Å². The molecule has 172 valence electrons. The monoisotopic (exact) mass is 439 g/mol. The van der Waals surface area contributed by atoms with Crippen molar-refractivity contribution in [2.75, 3.05) is 34.4 Å². The van der Waals surface area contributed by atoms with E-state index in [9.17, 15) is 5.11 Å². The number of ether oxygens (including phenoxy) is 3. The molecular formula is C25H33N3O4. The molecule has 0 unspecified atom stereocenters. The van der Waals surface area contributed by atoms with Crippen molar-refractivity contribution < 1.29 is 19.3 Å².